The molecule has 3 rings (SSSR count). The molecule has 0 radical (unpaired) electrons. The zero-order valence-corrected chi connectivity index (χ0v) is 11.6. The summed E-state index contributed by atoms with van der Waals surface area (Å²) in [5.74, 6) is 0.152. The van der Waals surface area contributed by atoms with E-state index in [4.69, 9.17) is 4.74 Å². The molecule has 1 aromatic heterocycles. The van der Waals surface area contributed by atoms with Crippen LogP contribution in [0.5, 0.6) is 5.75 Å². The fourth-order valence-electron chi connectivity index (χ4n) is 2.41. The summed E-state index contributed by atoms with van der Waals surface area (Å²) in [5.41, 5.74) is 2.37. The van der Waals surface area contributed by atoms with Crippen LogP contribution in [0.4, 0.5) is 0 Å². The third-order valence-corrected chi connectivity index (χ3v) is 3.49. The highest BCUT2D eigenvalue weighted by molar-refractivity contribution is 5.88. The van der Waals surface area contributed by atoms with Crippen molar-refractivity contribution in [1.82, 2.24) is 15.3 Å². The van der Waals surface area contributed by atoms with Gasteiger partial charge in [0.25, 0.3) is 0 Å². The molecular weight excluding hydrogens is 270 g/mol. The third-order valence-electron chi connectivity index (χ3n) is 3.49. The highest BCUT2D eigenvalue weighted by Gasteiger charge is 2.22. The number of fused-ring (bicyclic) bond motifs is 1. The number of hydrogen-bond acceptors (Lipinski definition) is 5. The molecule has 0 bridgehead atoms. The van der Waals surface area contributed by atoms with Crippen LogP contribution in [-0.4, -0.2) is 34.7 Å². The molecule has 0 unspecified atom stereocenters. The number of aromatic nitrogens is 2. The first-order chi connectivity index (χ1) is 10.2. The van der Waals surface area contributed by atoms with Gasteiger partial charge in [0.15, 0.2) is 11.5 Å². The Kier molecular flexibility index (Phi) is 3.53. The highest BCUT2D eigenvalue weighted by Crippen LogP contribution is 2.23. The predicted molar refractivity (Wildman–Crippen MR) is 76.4 cm³/mol. The zero-order valence-electron chi connectivity index (χ0n) is 11.6. The number of carboxylic acids is 1. The first-order valence-electron chi connectivity index (χ1n) is 6.67. The second-order valence-corrected chi connectivity index (χ2v) is 4.78. The number of carboxylic acid groups (broad SMARTS) is 1. The Morgan fingerprint density at radius 2 is 2.05 bits per heavy atom. The Morgan fingerprint density at radius 3 is 2.71 bits per heavy atom. The fraction of sp³-hybridized carbons (Fsp3) is 0.267. The molecule has 0 saturated heterocycles. The van der Waals surface area contributed by atoms with Crippen molar-refractivity contribution in [3.63, 3.8) is 0 Å². The van der Waals surface area contributed by atoms with E-state index in [2.05, 4.69) is 15.3 Å². The molecule has 1 aliphatic heterocycles. The monoisotopic (exact) mass is 285 g/mol. The zero-order chi connectivity index (χ0) is 14.8. The van der Waals surface area contributed by atoms with E-state index in [-0.39, 0.29) is 5.69 Å². The van der Waals surface area contributed by atoms with Gasteiger partial charge in [-0.3, -0.25) is 0 Å². The number of nitrogens with zero attached hydrogens (tertiary/aromatic N) is 2. The van der Waals surface area contributed by atoms with Crippen molar-refractivity contribution in [1.29, 1.82) is 0 Å². The summed E-state index contributed by atoms with van der Waals surface area (Å²) >= 11 is 0. The summed E-state index contributed by atoms with van der Waals surface area (Å²) in [6.07, 6.45) is 0.639. The minimum Gasteiger partial charge on any atom is -0.497 e. The summed E-state index contributed by atoms with van der Waals surface area (Å²) in [6.45, 7) is 1.32. The quantitative estimate of drug-likeness (QED) is 0.889. The molecule has 1 aliphatic rings. The van der Waals surface area contributed by atoms with Gasteiger partial charge in [0.05, 0.1) is 12.8 Å². The summed E-state index contributed by atoms with van der Waals surface area (Å²) < 4.78 is 5.11. The maximum Gasteiger partial charge on any atom is 0.354 e. The van der Waals surface area contributed by atoms with Crippen LogP contribution in [0.25, 0.3) is 11.4 Å². The van der Waals surface area contributed by atoms with Crippen molar-refractivity contribution in [2.24, 2.45) is 0 Å². The number of rotatable bonds is 3. The molecule has 2 N–H and O–H groups in total. The molecule has 2 aromatic rings. The summed E-state index contributed by atoms with van der Waals surface area (Å²) in [4.78, 5) is 20.2. The number of benzene rings is 1. The molecule has 108 valence electrons. The van der Waals surface area contributed by atoms with Crippen LogP contribution in [0.3, 0.4) is 0 Å². The summed E-state index contributed by atoms with van der Waals surface area (Å²) in [6, 6.07) is 7.25. The summed E-state index contributed by atoms with van der Waals surface area (Å²) in [5, 5.41) is 12.6. The molecule has 0 saturated carbocycles. The van der Waals surface area contributed by atoms with Gasteiger partial charge < -0.3 is 15.2 Å². The average molecular weight is 285 g/mol. The van der Waals surface area contributed by atoms with Gasteiger partial charge in [-0.15, -0.1) is 0 Å². The lowest BCUT2D eigenvalue weighted by molar-refractivity contribution is 0.0688. The Morgan fingerprint density at radius 1 is 1.29 bits per heavy atom. The predicted octanol–water partition coefficient (Wildman–Crippen LogP) is 1.50. The van der Waals surface area contributed by atoms with Crippen LogP contribution in [-0.2, 0) is 13.0 Å². The Balaban J connectivity index is 2.09. The van der Waals surface area contributed by atoms with Crippen LogP contribution in [0.15, 0.2) is 24.3 Å². The van der Waals surface area contributed by atoms with Crippen molar-refractivity contribution >= 4 is 5.97 Å². The largest absolute Gasteiger partial charge is 0.497 e. The number of aromatic carboxylic acids is 1. The van der Waals surface area contributed by atoms with E-state index in [0.717, 1.165) is 29.1 Å². The van der Waals surface area contributed by atoms with Gasteiger partial charge >= 0.3 is 5.97 Å². The van der Waals surface area contributed by atoms with Gasteiger partial charge in [-0.2, -0.15) is 0 Å². The minimum atomic E-state index is -1.01. The second-order valence-electron chi connectivity index (χ2n) is 4.78. The lowest BCUT2D eigenvalue weighted by Crippen LogP contribution is -2.27. The lowest BCUT2D eigenvalue weighted by atomic mass is 10.0. The molecule has 6 heteroatoms. The van der Waals surface area contributed by atoms with Crippen LogP contribution < -0.4 is 10.1 Å². The minimum absolute atomic E-state index is 0.104. The van der Waals surface area contributed by atoms with Crippen LogP contribution in [0, 0.1) is 0 Å². The smallest absolute Gasteiger partial charge is 0.354 e. The van der Waals surface area contributed by atoms with E-state index >= 15 is 0 Å². The van der Waals surface area contributed by atoms with E-state index in [1.807, 2.05) is 12.1 Å². The number of carbonyl (C=O) groups is 1. The number of nitrogens with one attached hydrogen (secondary N) is 1. The van der Waals surface area contributed by atoms with Crippen molar-refractivity contribution < 1.29 is 14.6 Å². The number of methoxy groups -OCH3 is 1. The maximum atomic E-state index is 11.4. The van der Waals surface area contributed by atoms with Gasteiger partial charge in [-0.1, -0.05) is 0 Å². The molecule has 0 atom stereocenters. The molecule has 1 aromatic carbocycles. The van der Waals surface area contributed by atoms with Crippen LogP contribution in [0.2, 0.25) is 0 Å². The Bertz CT molecular complexity index is 683. The second kappa shape index (κ2) is 5.49. The molecule has 21 heavy (non-hydrogen) atoms. The average Bonchev–Trinajstić information content (AvgIpc) is 2.53. The molecule has 0 amide bonds. The van der Waals surface area contributed by atoms with Crippen molar-refractivity contribution in [3.8, 4) is 17.1 Å². The third kappa shape index (κ3) is 2.57. The van der Waals surface area contributed by atoms with E-state index in [0.29, 0.717) is 18.8 Å². The van der Waals surface area contributed by atoms with Crippen LogP contribution >= 0.6 is 0 Å². The Hall–Kier alpha value is -2.47. The van der Waals surface area contributed by atoms with Gasteiger partial charge in [-0.05, 0) is 37.2 Å². The van der Waals surface area contributed by atoms with Gasteiger partial charge in [0.1, 0.15) is 5.75 Å². The van der Waals surface area contributed by atoms with Gasteiger partial charge in [0, 0.05) is 17.7 Å². The van der Waals surface area contributed by atoms with Crippen molar-refractivity contribution in [3.05, 3.63) is 41.2 Å². The lowest BCUT2D eigenvalue weighted by Gasteiger charge is -2.18. The van der Waals surface area contributed by atoms with Crippen molar-refractivity contribution in [2.75, 3.05) is 13.7 Å². The highest BCUT2D eigenvalue weighted by atomic mass is 16.5. The first kappa shape index (κ1) is 13.5. The number of ether oxygens (including phenoxy) is 1. The molecule has 0 fully saturated rings. The molecule has 0 spiro atoms. The molecule has 6 nitrogen and oxygen atoms in total. The van der Waals surface area contributed by atoms with Gasteiger partial charge in [0.2, 0.25) is 0 Å². The van der Waals surface area contributed by atoms with E-state index < -0.39 is 5.97 Å². The first-order valence-corrected chi connectivity index (χ1v) is 6.67. The topological polar surface area (TPSA) is 84.3 Å². The maximum absolute atomic E-state index is 11.4. The standard InChI is InChI=1S/C15H15N3O3/c1-21-10-4-2-9(3-5-10)14-17-12-8-16-7-6-11(12)13(18-14)15(19)20/h2-5,16H,6-8H2,1H3,(H,19,20). The van der Waals surface area contributed by atoms with E-state index in [1.165, 1.54) is 0 Å². The van der Waals surface area contributed by atoms with E-state index in [9.17, 15) is 9.90 Å². The van der Waals surface area contributed by atoms with E-state index in [1.54, 1.807) is 19.2 Å². The fourth-order valence-corrected chi connectivity index (χ4v) is 2.41. The molecule has 0 aliphatic carbocycles. The molecule has 2 heterocycles. The van der Waals surface area contributed by atoms with Crippen LogP contribution in [0.1, 0.15) is 21.7 Å². The Labute approximate surface area is 121 Å². The van der Waals surface area contributed by atoms with Crippen molar-refractivity contribution in [2.45, 2.75) is 13.0 Å². The number of hydrogen-bond donors (Lipinski definition) is 2. The SMILES string of the molecule is COc1ccc(-c2nc3c(c(C(=O)O)n2)CCNC3)cc1. The summed E-state index contributed by atoms with van der Waals surface area (Å²) in [7, 11) is 1.60. The van der Waals surface area contributed by atoms with Gasteiger partial charge in [-0.25, -0.2) is 14.8 Å². The normalized spacial score (nSPS) is 13.6. The molecular formula is C15H15N3O3.